The summed E-state index contributed by atoms with van der Waals surface area (Å²) in [6.45, 7) is 7.26. The van der Waals surface area contributed by atoms with E-state index in [9.17, 15) is 14.4 Å². The molecule has 3 amide bonds. The van der Waals surface area contributed by atoms with Crippen LogP contribution in [0.5, 0.6) is 0 Å². The average Bonchev–Trinajstić information content (AvgIpc) is 2.84. The minimum Gasteiger partial charge on any atom is -0.444 e. The molecule has 3 aromatic rings. The summed E-state index contributed by atoms with van der Waals surface area (Å²) in [4.78, 5) is 41.0. The minimum absolute atomic E-state index is 0.0440. The number of benzene rings is 3. The summed E-state index contributed by atoms with van der Waals surface area (Å²) in [5.41, 5.74) is 0.562. The molecule has 2 atom stereocenters. The number of rotatable bonds is 8. The summed E-state index contributed by atoms with van der Waals surface area (Å²) in [7, 11) is 0. The first-order chi connectivity index (χ1) is 17.1. The van der Waals surface area contributed by atoms with E-state index in [0.29, 0.717) is 11.3 Å². The molecule has 8 heteroatoms. The molecule has 0 spiro atoms. The summed E-state index contributed by atoms with van der Waals surface area (Å²) in [6, 6.07) is 20.7. The first-order valence-electron chi connectivity index (χ1n) is 11.9. The lowest BCUT2D eigenvalue weighted by Gasteiger charge is -2.33. The normalized spacial score (nSPS) is 12.9. The first-order valence-corrected chi connectivity index (χ1v) is 12.5. The van der Waals surface area contributed by atoms with E-state index in [2.05, 4.69) is 23.3 Å². The third kappa shape index (κ3) is 7.01. The highest BCUT2D eigenvalue weighted by atomic mass is 32.1. The van der Waals surface area contributed by atoms with Gasteiger partial charge in [-0.3, -0.25) is 9.59 Å². The second kappa shape index (κ2) is 11.9. The number of thiol groups is 1. The van der Waals surface area contributed by atoms with Gasteiger partial charge in [-0.25, -0.2) is 4.79 Å². The second-order valence-corrected chi connectivity index (χ2v) is 9.74. The van der Waals surface area contributed by atoms with Crippen molar-refractivity contribution >= 4 is 47.0 Å². The Bertz CT molecular complexity index is 1210. The van der Waals surface area contributed by atoms with Gasteiger partial charge in [0, 0.05) is 18.0 Å². The standard InChI is InChI=1S/C28H33N3O4S/c1-5-31(26(33)23(18-36)30-27(34)35-28(2,3)4)24(20-12-7-6-8-13-20)25(32)29-22-16-15-19-11-9-10-14-21(19)17-22/h6-17,23-24,36H,5,18H2,1-4H3,(H,29,32)(H,30,34). The Morgan fingerprint density at radius 2 is 1.58 bits per heavy atom. The zero-order valence-corrected chi connectivity index (χ0v) is 21.9. The number of amides is 3. The fourth-order valence-electron chi connectivity index (χ4n) is 3.89. The Hall–Kier alpha value is -3.52. The monoisotopic (exact) mass is 507 g/mol. The lowest BCUT2D eigenvalue weighted by molar-refractivity contribution is -0.140. The van der Waals surface area contributed by atoms with Gasteiger partial charge in [0.05, 0.1) is 0 Å². The van der Waals surface area contributed by atoms with Gasteiger partial charge in [0.25, 0.3) is 5.91 Å². The van der Waals surface area contributed by atoms with Crippen molar-refractivity contribution in [2.75, 3.05) is 17.6 Å². The molecule has 36 heavy (non-hydrogen) atoms. The lowest BCUT2D eigenvalue weighted by Crippen LogP contribution is -2.53. The molecule has 0 saturated carbocycles. The molecule has 7 nitrogen and oxygen atoms in total. The predicted octanol–water partition coefficient (Wildman–Crippen LogP) is 5.19. The van der Waals surface area contributed by atoms with Gasteiger partial charge in [0.15, 0.2) is 0 Å². The van der Waals surface area contributed by atoms with Crippen molar-refractivity contribution in [3.8, 4) is 0 Å². The number of carbonyl (C=O) groups is 3. The summed E-state index contributed by atoms with van der Waals surface area (Å²) < 4.78 is 5.31. The van der Waals surface area contributed by atoms with Gasteiger partial charge >= 0.3 is 6.09 Å². The minimum atomic E-state index is -0.970. The molecule has 2 unspecified atom stereocenters. The van der Waals surface area contributed by atoms with Crippen LogP contribution in [0.1, 0.15) is 39.3 Å². The smallest absolute Gasteiger partial charge is 0.408 e. The van der Waals surface area contributed by atoms with Crippen molar-refractivity contribution in [3.05, 3.63) is 78.4 Å². The number of alkyl carbamates (subject to hydrolysis) is 1. The molecule has 0 aliphatic carbocycles. The summed E-state index contributed by atoms with van der Waals surface area (Å²) in [5.74, 6) is -0.745. The number of likely N-dealkylation sites (N-methyl/N-ethyl adjacent to an activating group) is 1. The molecular weight excluding hydrogens is 474 g/mol. The van der Waals surface area contributed by atoms with Gasteiger partial charge in [-0.15, -0.1) is 0 Å². The zero-order chi connectivity index (χ0) is 26.3. The number of fused-ring (bicyclic) bond motifs is 1. The van der Waals surface area contributed by atoms with Gasteiger partial charge in [0.2, 0.25) is 5.91 Å². The number of nitrogens with one attached hydrogen (secondary N) is 2. The number of hydrogen-bond acceptors (Lipinski definition) is 5. The van der Waals surface area contributed by atoms with Crippen LogP contribution in [0, 0.1) is 0 Å². The molecule has 190 valence electrons. The zero-order valence-electron chi connectivity index (χ0n) is 21.0. The Labute approximate surface area is 217 Å². The number of hydrogen-bond donors (Lipinski definition) is 3. The molecule has 0 saturated heterocycles. The maximum Gasteiger partial charge on any atom is 0.408 e. The number of carbonyl (C=O) groups excluding carboxylic acids is 3. The van der Waals surface area contributed by atoms with Crippen LogP contribution in [0.15, 0.2) is 72.8 Å². The number of nitrogens with zero attached hydrogens (tertiary/aromatic N) is 1. The average molecular weight is 508 g/mol. The molecule has 0 radical (unpaired) electrons. The topological polar surface area (TPSA) is 87.7 Å². The Morgan fingerprint density at radius 3 is 2.19 bits per heavy atom. The van der Waals surface area contributed by atoms with Gasteiger partial charge < -0.3 is 20.3 Å². The Morgan fingerprint density at radius 1 is 0.944 bits per heavy atom. The van der Waals surface area contributed by atoms with Crippen LogP contribution in [-0.4, -0.2) is 46.7 Å². The summed E-state index contributed by atoms with van der Waals surface area (Å²) in [5, 5.41) is 7.61. The lowest BCUT2D eigenvalue weighted by atomic mass is 10.0. The number of anilines is 1. The highest BCUT2D eigenvalue weighted by molar-refractivity contribution is 7.80. The van der Waals surface area contributed by atoms with Gasteiger partial charge in [-0.05, 0) is 56.2 Å². The number of ether oxygens (including phenoxy) is 1. The van der Waals surface area contributed by atoms with Crippen LogP contribution in [0.3, 0.4) is 0 Å². The van der Waals surface area contributed by atoms with E-state index >= 15 is 0 Å². The molecule has 3 rings (SSSR count). The van der Waals surface area contributed by atoms with E-state index in [-0.39, 0.29) is 18.2 Å². The molecule has 3 aromatic carbocycles. The molecule has 0 aliphatic rings. The fraction of sp³-hybridized carbons (Fsp3) is 0.321. The van der Waals surface area contributed by atoms with Gasteiger partial charge in [0.1, 0.15) is 17.7 Å². The Balaban J connectivity index is 1.89. The van der Waals surface area contributed by atoms with Crippen molar-refractivity contribution in [1.29, 1.82) is 0 Å². The van der Waals surface area contributed by atoms with Gasteiger partial charge in [-0.1, -0.05) is 60.7 Å². The SMILES string of the molecule is CCN(C(=O)C(CS)NC(=O)OC(C)(C)C)C(C(=O)Nc1ccc2ccccc2c1)c1ccccc1. The van der Waals surface area contributed by atoms with E-state index < -0.39 is 29.7 Å². The molecule has 2 N–H and O–H groups in total. The Kier molecular flexibility index (Phi) is 8.98. The van der Waals surface area contributed by atoms with Crippen molar-refractivity contribution in [2.24, 2.45) is 0 Å². The molecule has 0 heterocycles. The van der Waals surface area contributed by atoms with Crippen molar-refractivity contribution in [2.45, 2.75) is 45.4 Å². The van der Waals surface area contributed by atoms with Crippen LogP contribution >= 0.6 is 12.6 Å². The quantitative estimate of drug-likeness (QED) is 0.366. The first kappa shape index (κ1) is 27.1. The molecule has 0 aliphatic heterocycles. The van der Waals surface area contributed by atoms with Crippen molar-refractivity contribution in [1.82, 2.24) is 10.2 Å². The maximum absolute atomic E-state index is 13.6. The summed E-state index contributed by atoms with van der Waals surface area (Å²) >= 11 is 4.28. The van der Waals surface area contributed by atoms with E-state index in [0.717, 1.165) is 10.8 Å². The highest BCUT2D eigenvalue weighted by Crippen LogP contribution is 2.26. The van der Waals surface area contributed by atoms with E-state index in [1.807, 2.05) is 60.7 Å². The second-order valence-electron chi connectivity index (χ2n) is 9.37. The third-order valence-electron chi connectivity index (χ3n) is 5.49. The van der Waals surface area contributed by atoms with Crippen LogP contribution < -0.4 is 10.6 Å². The van der Waals surface area contributed by atoms with E-state index in [4.69, 9.17) is 4.74 Å². The van der Waals surface area contributed by atoms with Gasteiger partial charge in [-0.2, -0.15) is 12.6 Å². The fourth-order valence-corrected chi connectivity index (χ4v) is 4.13. The molecule has 0 fully saturated rings. The largest absolute Gasteiger partial charge is 0.444 e. The van der Waals surface area contributed by atoms with E-state index in [1.165, 1.54) is 4.90 Å². The molecule has 0 bridgehead atoms. The van der Waals surface area contributed by atoms with Crippen LogP contribution in [-0.2, 0) is 14.3 Å². The molecular formula is C28H33N3O4S. The summed E-state index contributed by atoms with van der Waals surface area (Å²) in [6.07, 6.45) is -0.720. The van der Waals surface area contributed by atoms with Crippen molar-refractivity contribution in [3.63, 3.8) is 0 Å². The van der Waals surface area contributed by atoms with Crippen LogP contribution in [0.4, 0.5) is 10.5 Å². The highest BCUT2D eigenvalue weighted by Gasteiger charge is 2.35. The maximum atomic E-state index is 13.6. The van der Waals surface area contributed by atoms with Crippen LogP contribution in [0.25, 0.3) is 10.8 Å². The van der Waals surface area contributed by atoms with Crippen LogP contribution in [0.2, 0.25) is 0 Å². The third-order valence-corrected chi connectivity index (χ3v) is 5.85. The van der Waals surface area contributed by atoms with Crippen molar-refractivity contribution < 1.29 is 19.1 Å². The molecule has 0 aromatic heterocycles. The van der Waals surface area contributed by atoms with E-state index in [1.54, 1.807) is 39.8 Å². The predicted molar refractivity (Wildman–Crippen MR) is 146 cm³/mol.